The van der Waals surface area contributed by atoms with Crippen LogP contribution < -0.4 is 10.6 Å². The lowest BCUT2D eigenvalue weighted by atomic mass is 10.4. The normalized spacial score (nSPS) is 28.6. The van der Waals surface area contributed by atoms with Gasteiger partial charge in [-0.1, -0.05) is 0 Å². The van der Waals surface area contributed by atoms with Gasteiger partial charge in [0.05, 0.1) is 6.34 Å². The maximum absolute atomic E-state index is 5.94. The van der Waals surface area contributed by atoms with E-state index in [1.807, 2.05) is 13.8 Å². The fraction of sp³-hybridized carbons (Fsp3) is 0.667. The molecule has 1 rings (SSSR count). The first kappa shape index (κ1) is 9.77. The van der Waals surface area contributed by atoms with Gasteiger partial charge >= 0.3 is 0 Å². The van der Waals surface area contributed by atoms with Gasteiger partial charge in [-0.25, -0.2) is 4.99 Å². The molecule has 6 heteroatoms. The SMILES string of the molecule is CC(C)NC1(Cl)N=CNC(Cl)=N1. The van der Waals surface area contributed by atoms with Crippen molar-refractivity contribution in [3.05, 3.63) is 0 Å². The molecule has 1 atom stereocenters. The van der Waals surface area contributed by atoms with Crippen LogP contribution in [0.25, 0.3) is 0 Å². The van der Waals surface area contributed by atoms with Gasteiger partial charge in [0.25, 0.3) is 5.25 Å². The molecule has 2 N–H and O–H groups in total. The van der Waals surface area contributed by atoms with Crippen LogP contribution in [0.2, 0.25) is 0 Å². The topological polar surface area (TPSA) is 48.8 Å². The third kappa shape index (κ3) is 2.62. The van der Waals surface area contributed by atoms with Crippen molar-refractivity contribution in [2.24, 2.45) is 9.98 Å². The Labute approximate surface area is 81.1 Å². The molecule has 1 heterocycles. The van der Waals surface area contributed by atoms with Crippen LogP contribution in [0, 0.1) is 0 Å². The molecule has 0 saturated heterocycles. The summed E-state index contributed by atoms with van der Waals surface area (Å²) in [7, 11) is 0. The van der Waals surface area contributed by atoms with Crippen LogP contribution in [0.15, 0.2) is 9.98 Å². The molecule has 0 aliphatic carbocycles. The van der Waals surface area contributed by atoms with Gasteiger partial charge in [0.1, 0.15) is 0 Å². The molecule has 1 aliphatic rings. The van der Waals surface area contributed by atoms with Gasteiger partial charge in [0.15, 0.2) is 0 Å². The summed E-state index contributed by atoms with van der Waals surface area (Å²) in [6.07, 6.45) is 1.41. The molecule has 0 fully saturated rings. The Balaban J connectivity index is 2.69. The largest absolute Gasteiger partial charge is 0.322 e. The van der Waals surface area contributed by atoms with Crippen LogP contribution in [0.3, 0.4) is 0 Å². The van der Waals surface area contributed by atoms with Gasteiger partial charge in [-0.2, -0.15) is 4.99 Å². The van der Waals surface area contributed by atoms with E-state index in [-0.39, 0.29) is 11.3 Å². The number of alkyl halides is 1. The van der Waals surface area contributed by atoms with E-state index in [1.165, 1.54) is 6.34 Å². The van der Waals surface area contributed by atoms with Crippen LogP contribution in [-0.4, -0.2) is 22.9 Å². The predicted octanol–water partition coefficient (Wildman–Crippen LogP) is 1.06. The first-order chi connectivity index (χ1) is 5.52. The van der Waals surface area contributed by atoms with Gasteiger partial charge in [0.2, 0.25) is 5.29 Å². The zero-order valence-electron chi connectivity index (χ0n) is 6.81. The standard InChI is InChI=1S/C6H10Cl2N4/c1-4(2)11-6(8)10-3-9-5(7)12-6/h3-4,11H,1-2H3,(H,9,10,12). The van der Waals surface area contributed by atoms with E-state index in [4.69, 9.17) is 23.2 Å². The zero-order valence-corrected chi connectivity index (χ0v) is 8.32. The average molecular weight is 209 g/mol. The van der Waals surface area contributed by atoms with E-state index in [0.717, 1.165) is 0 Å². The van der Waals surface area contributed by atoms with Crippen LogP contribution >= 0.6 is 23.2 Å². The maximum Gasteiger partial charge on any atom is 0.289 e. The highest BCUT2D eigenvalue weighted by molar-refractivity contribution is 6.66. The molecule has 0 aromatic carbocycles. The Morgan fingerprint density at radius 3 is 2.83 bits per heavy atom. The van der Waals surface area contributed by atoms with Gasteiger partial charge in [-0.05, 0) is 37.0 Å². The van der Waals surface area contributed by atoms with Crippen molar-refractivity contribution in [2.45, 2.75) is 25.1 Å². The Morgan fingerprint density at radius 2 is 2.33 bits per heavy atom. The first-order valence-electron chi connectivity index (χ1n) is 3.54. The molecular weight excluding hydrogens is 199 g/mol. The van der Waals surface area contributed by atoms with Crippen molar-refractivity contribution in [1.82, 2.24) is 10.6 Å². The first-order valence-corrected chi connectivity index (χ1v) is 4.29. The van der Waals surface area contributed by atoms with E-state index in [1.54, 1.807) is 0 Å². The number of hydrogen-bond acceptors (Lipinski definition) is 4. The third-order valence-electron chi connectivity index (χ3n) is 1.14. The Morgan fingerprint density at radius 1 is 1.67 bits per heavy atom. The van der Waals surface area contributed by atoms with Crippen LogP contribution in [0.5, 0.6) is 0 Å². The molecule has 0 amide bonds. The van der Waals surface area contributed by atoms with Gasteiger partial charge in [-0.3, -0.25) is 5.32 Å². The number of amidine groups is 1. The van der Waals surface area contributed by atoms with Gasteiger partial charge in [0, 0.05) is 6.04 Å². The minimum atomic E-state index is -1.14. The monoisotopic (exact) mass is 208 g/mol. The summed E-state index contributed by atoms with van der Waals surface area (Å²) in [5.74, 6) is 0. The van der Waals surface area contributed by atoms with E-state index in [2.05, 4.69) is 20.6 Å². The Kier molecular flexibility index (Phi) is 2.93. The van der Waals surface area contributed by atoms with Crippen molar-refractivity contribution in [1.29, 1.82) is 0 Å². The molecule has 0 saturated carbocycles. The summed E-state index contributed by atoms with van der Waals surface area (Å²) >= 11 is 11.6. The van der Waals surface area contributed by atoms with Crippen LogP contribution in [-0.2, 0) is 0 Å². The fourth-order valence-electron chi connectivity index (χ4n) is 0.799. The minimum Gasteiger partial charge on any atom is -0.322 e. The summed E-state index contributed by atoms with van der Waals surface area (Å²) in [6, 6.07) is 0.186. The second kappa shape index (κ2) is 3.60. The molecule has 68 valence electrons. The van der Waals surface area contributed by atoms with E-state index >= 15 is 0 Å². The summed E-state index contributed by atoms with van der Waals surface area (Å²) in [6.45, 7) is 3.90. The van der Waals surface area contributed by atoms with Crippen LogP contribution in [0.1, 0.15) is 13.8 Å². The molecule has 0 radical (unpaired) electrons. The maximum atomic E-state index is 5.94. The molecule has 0 spiro atoms. The summed E-state index contributed by atoms with van der Waals surface area (Å²) in [4.78, 5) is 7.78. The smallest absolute Gasteiger partial charge is 0.289 e. The van der Waals surface area contributed by atoms with Gasteiger partial charge in [-0.15, -0.1) is 0 Å². The van der Waals surface area contributed by atoms with E-state index in [9.17, 15) is 0 Å². The van der Waals surface area contributed by atoms with Crippen LogP contribution in [0.4, 0.5) is 0 Å². The van der Waals surface area contributed by atoms with E-state index in [0.29, 0.717) is 0 Å². The second-order valence-corrected chi connectivity index (χ2v) is 3.58. The molecule has 1 unspecified atom stereocenters. The molecule has 0 aromatic rings. The zero-order chi connectivity index (χ0) is 9.19. The number of nitrogens with zero attached hydrogens (tertiary/aromatic N) is 2. The molecule has 0 aromatic heterocycles. The molecular formula is C6H10Cl2N4. The molecule has 1 aliphatic heterocycles. The summed E-state index contributed by atoms with van der Waals surface area (Å²) < 4.78 is 0. The number of aliphatic imine (C=N–C) groups is 2. The van der Waals surface area contributed by atoms with Crippen molar-refractivity contribution in [3.63, 3.8) is 0 Å². The highest BCUT2D eigenvalue weighted by atomic mass is 35.5. The number of halogens is 2. The lowest BCUT2D eigenvalue weighted by molar-refractivity contribution is 0.440. The highest BCUT2D eigenvalue weighted by Crippen LogP contribution is 2.18. The fourth-order valence-corrected chi connectivity index (χ4v) is 1.37. The quantitative estimate of drug-likeness (QED) is 0.527. The van der Waals surface area contributed by atoms with E-state index < -0.39 is 5.25 Å². The lowest BCUT2D eigenvalue weighted by Crippen LogP contribution is -2.45. The van der Waals surface area contributed by atoms with Crippen molar-refractivity contribution >= 4 is 34.8 Å². The Hall–Kier alpha value is -0.320. The summed E-state index contributed by atoms with van der Waals surface area (Å²) in [5.41, 5.74) is 0. The number of nitrogens with one attached hydrogen (secondary N) is 2. The van der Waals surface area contributed by atoms with Crippen molar-refractivity contribution in [2.75, 3.05) is 0 Å². The van der Waals surface area contributed by atoms with Gasteiger partial charge < -0.3 is 5.32 Å². The predicted molar refractivity (Wildman–Crippen MR) is 51.8 cm³/mol. The molecule has 12 heavy (non-hydrogen) atoms. The Bertz CT molecular complexity index is 226. The number of hydrogen-bond donors (Lipinski definition) is 2. The lowest BCUT2D eigenvalue weighted by Gasteiger charge is -2.24. The second-order valence-electron chi connectivity index (χ2n) is 2.69. The van der Waals surface area contributed by atoms with Crippen molar-refractivity contribution < 1.29 is 0 Å². The third-order valence-corrected chi connectivity index (χ3v) is 1.62. The summed E-state index contributed by atoms with van der Waals surface area (Å²) in [5, 5.41) is 4.64. The molecule has 4 nitrogen and oxygen atoms in total. The highest BCUT2D eigenvalue weighted by Gasteiger charge is 2.27. The van der Waals surface area contributed by atoms with Crippen molar-refractivity contribution in [3.8, 4) is 0 Å². The minimum absolute atomic E-state index is 0.186. The average Bonchev–Trinajstić information content (AvgIpc) is 1.82. The molecule has 0 bridgehead atoms. The number of rotatable bonds is 2.